The van der Waals surface area contributed by atoms with Crippen molar-refractivity contribution in [2.75, 3.05) is 5.32 Å². The molecule has 6 heteroatoms. The zero-order valence-corrected chi connectivity index (χ0v) is 16.1. The molecule has 132 valence electrons. The van der Waals surface area contributed by atoms with E-state index in [9.17, 15) is 4.39 Å². The third kappa shape index (κ3) is 5.46. The van der Waals surface area contributed by atoms with E-state index >= 15 is 0 Å². The Hall–Kier alpha value is -2.08. The first kappa shape index (κ1) is 18.7. The molecule has 0 aliphatic rings. The van der Waals surface area contributed by atoms with Gasteiger partial charge in [0.1, 0.15) is 5.82 Å². The summed E-state index contributed by atoms with van der Waals surface area (Å²) in [6.07, 6.45) is 0. The molecule has 0 fully saturated rings. The first-order chi connectivity index (χ1) is 12.6. The van der Waals surface area contributed by atoms with Gasteiger partial charge in [-0.3, -0.25) is 0 Å². The van der Waals surface area contributed by atoms with Crippen LogP contribution in [-0.4, -0.2) is 5.11 Å². The van der Waals surface area contributed by atoms with Gasteiger partial charge in [0.2, 0.25) is 0 Å². The lowest BCUT2D eigenvalue weighted by molar-refractivity contribution is 0.626. The lowest BCUT2D eigenvalue weighted by Gasteiger charge is -2.14. The second-order valence-electron chi connectivity index (χ2n) is 5.49. The second-order valence-corrected chi connectivity index (χ2v) is 7.45. The number of nitrogens with one attached hydrogen (secondary N) is 2. The highest BCUT2D eigenvalue weighted by Crippen LogP contribution is 2.35. The molecule has 0 bridgehead atoms. The molecule has 0 unspecified atom stereocenters. The van der Waals surface area contributed by atoms with Crippen LogP contribution < -0.4 is 10.6 Å². The number of anilines is 1. The zero-order valence-electron chi connectivity index (χ0n) is 13.7. The first-order valence-corrected chi connectivity index (χ1v) is 9.52. The summed E-state index contributed by atoms with van der Waals surface area (Å²) >= 11 is 13.0. The fourth-order valence-corrected chi connectivity index (χ4v) is 3.50. The van der Waals surface area contributed by atoms with Crippen LogP contribution in [0, 0.1) is 5.82 Å². The molecular formula is C20H16ClFN2S2. The standard InChI is InChI=1S/C20H16ClFN2S2/c21-15-6-11-19(26-17-9-7-16(22)8-10-17)18(12-15)24-20(25)23-13-14-4-2-1-3-5-14/h1-12H,13H2,(H2,23,24,25). The summed E-state index contributed by atoms with van der Waals surface area (Å²) in [5.74, 6) is -0.255. The number of benzene rings is 3. The Kier molecular flexibility index (Phi) is 6.50. The molecule has 26 heavy (non-hydrogen) atoms. The molecule has 0 amide bonds. The minimum Gasteiger partial charge on any atom is -0.358 e. The summed E-state index contributed by atoms with van der Waals surface area (Å²) in [5, 5.41) is 7.50. The van der Waals surface area contributed by atoms with Gasteiger partial charge in [0.25, 0.3) is 0 Å². The Balaban J connectivity index is 1.69. The van der Waals surface area contributed by atoms with Crippen molar-refractivity contribution in [1.82, 2.24) is 5.32 Å². The third-order valence-corrected chi connectivity index (χ3v) is 5.09. The minimum absolute atomic E-state index is 0.255. The summed E-state index contributed by atoms with van der Waals surface area (Å²) < 4.78 is 13.1. The normalized spacial score (nSPS) is 10.4. The maximum absolute atomic E-state index is 13.1. The van der Waals surface area contributed by atoms with E-state index in [1.54, 1.807) is 12.1 Å². The molecule has 3 rings (SSSR count). The predicted molar refractivity (Wildman–Crippen MR) is 111 cm³/mol. The van der Waals surface area contributed by atoms with Crippen molar-refractivity contribution in [2.45, 2.75) is 16.3 Å². The average molecular weight is 403 g/mol. The van der Waals surface area contributed by atoms with Crippen LogP contribution in [0.15, 0.2) is 82.6 Å². The molecule has 0 radical (unpaired) electrons. The van der Waals surface area contributed by atoms with E-state index in [4.69, 9.17) is 23.8 Å². The third-order valence-electron chi connectivity index (χ3n) is 3.53. The molecule has 2 N–H and O–H groups in total. The van der Waals surface area contributed by atoms with Crippen molar-refractivity contribution in [3.05, 3.63) is 89.2 Å². The summed E-state index contributed by atoms with van der Waals surface area (Å²) in [4.78, 5) is 1.88. The Bertz CT molecular complexity index is 886. The molecule has 0 atom stereocenters. The van der Waals surface area contributed by atoms with Crippen molar-refractivity contribution in [2.24, 2.45) is 0 Å². The van der Waals surface area contributed by atoms with Gasteiger partial charge >= 0.3 is 0 Å². The fourth-order valence-electron chi connectivity index (χ4n) is 2.26. The van der Waals surface area contributed by atoms with Crippen molar-refractivity contribution in [3.8, 4) is 0 Å². The van der Waals surface area contributed by atoms with Gasteiger partial charge in [0.15, 0.2) is 5.11 Å². The van der Waals surface area contributed by atoms with Gasteiger partial charge < -0.3 is 10.6 Å². The highest BCUT2D eigenvalue weighted by atomic mass is 35.5. The van der Waals surface area contributed by atoms with Crippen LogP contribution >= 0.6 is 35.6 Å². The fraction of sp³-hybridized carbons (Fsp3) is 0.0500. The van der Waals surface area contributed by atoms with E-state index in [-0.39, 0.29) is 5.82 Å². The number of hydrogen-bond acceptors (Lipinski definition) is 2. The van der Waals surface area contributed by atoms with Gasteiger partial charge in [-0.15, -0.1) is 0 Å². The topological polar surface area (TPSA) is 24.1 Å². The number of hydrogen-bond donors (Lipinski definition) is 2. The molecule has 3 aromatic carbocycles. The Morgan fingerprint density at radius 3 is 2.46 bits per heavy atom. The van der Waals surface area contributed by atoms with Gasteiger partial charge in [-0.1, -0.05) is 53.7 Å². The molecule has 0 saturated heterocycles. The lowest BCUT2D eigenvalue weighted by Crippen LogP contribution is -2.28. The smallest absolute Gasteiger partial charge is 0.171 e. The van der Waals surface area contributed by atoms with Crippen LogP contribution in [0.1, 0.15) is 5.56 Å². The van der Waals surface area contributed by atoms with E-state index in [2.05, 4.69) is 10.6 Å². The van der Waals surface area contributed by atoms with E-state index in [1.807, 2.05) is 48.5 Å². The van der Waals surface area contributed by atoms with Crippen LogP contribution in [0.4, 0.5) is 10.1 Å². The maximum atomic E-state index is 13.1. The molecule has 0 heterocycles. The van der Waals surface area contributed by atoms with Crippen molar-refractivity contribution in [3.63, 3.8) is 0 Å². The van der Waals surface area contributed by atoms with E-state index < -0.39 is 0 Å². The van der Waals surface area contributed by atoms with Gasteiger partial charge in [-0.25, -0.2) is 4.39 Å². The SMILES string of the molecule is Fc1ccc(Sc2ccc(Cl)cc2NC(=S)NCc2ccccc2)cc1. The molecule has 2 nitrogen and oxygen atoms in total. The minimum atomic E-state index is -0.255. The van der Waals surface area contributed by atoms with Crippen molar-refractivity contribution in [1.29, 1.82) is 0 Å². The molecule has 0 aliphatic carbocycles. The molecule has 0 aliphatic heterocycles. The van der Waals surface area contributed by atoms with Gasteiger partial charge in [0, 0.05) is 21.4 Å². The van der Waals surface area contributed by atoms with Gasteiger partial charge in [-0.2, -0.15) is 0 Å². The summed E-state index contributed by atoms with van der Waals surface area (Å²) in [5.41, 5.74) is 1.95. The Labute approximate surface area is 166 Å². The monoisotopic (exact) mass is 402 g/mol. The Morgan fingerprint density at radius 2 is 1.73 bits per heavy atom. The van der Waals surface area contributed by atoms with E-state index in [0.29, 0.717) is 16.7 Å². The summed E-state index contributed by atoms with van der Waals surface area (Å²) in [6, 6.07) is 21.9. The molecule has 0 spiro atoms. The number of thiocarbonyl (C=S) groups is 1. The number of halogens is 2. The van der Waals surface area contributed by atoms with Crippen molar-refractivity contribution < 1.29 is 4.39 Å². The first-order valence-electron chi connectivity index (χ1n) is 7.92. The second kappa shape index (κ2) is 9.03. The van der Waals surface area contributed by atoms with Crippen LogP contribution in [0.2, 0.25) is 5.02 Å². The Morgan fingerprint density at radius 1 is 1.00 bits per heavy atom. The largest absolute Gasteiger partial charge is 0.358 e. The molecule has 0 aromatic heterocycles. The number of rotatable bonds is 5. The van der Waals surface area contributed by atoms with Crippen LogP contribution in [0.5, 0.6) is 0 Å². The van der Waals surface area contributed by atoms with Crippen LogP contribution in [-0.2, 0) is 6.54 Å². The molecule has 0 saturated carbocycles. The summed E-state index contributed by atoms with van der Waals surface area (Å²) in [6.45, 7) is 0.633. The van der Waals surface area contributed by atoms with Crippen LogP contribution in [0.3, 0.4) is 0 Å². The lowest BCUT2D eigenvalue weighted by atomic mass is 10.2. The van der Waals surface area contributed by atoms with Gasteiger partial charge in [0.05, 0.1) is 5.69 Å². The highest BCUT2D eigenvalue weighted by molar-refractivity contribution is 7.99. The summed E-state index contributed by atoms with van der Waals surface area (Å²) in [7, 11) is 0. The zero-order chi connectivity index (χ0) is 18.4. The molecular weight excluding hydrogens is 387 g/mol. The maximum Gasteiger partial charge on any atom is 0.171 e. The predicted octanol–water partition coefficient (Wildman–Crippen LogP) is 6.12. The highest BCUT2D eigenvalue weighted by Gasteiger charge is 2.08. The quantitative estimate of drug-likeness (QED) is 0.502. The molecule has 3 aromatic rings. The van der Waals surface area contributed by atoms with Crippen molar-refractivity contribution >= 4 is 46.4 Å². The van der Waals surface area contributed by atoms with Gasteiger partial charge in [-0.05, 0) is 60.2 Å². The van der Waals surface area contributed by atoms with E-state index in [0.717, 1.165) is 21.0 Å². The van der Waals surface area contributed by atoms with Crippen LogP contribution in [0.25, 0.3) is 0 Å². The van der Waals surface area contributed by atoms with E-state index in [1.165, 1.54) is 23.9 Å². The average Bonchev–Trinajstić information content (AvgIpc) is 2.65.